The molecule has 1 aromatic rings. The summed E-state index contributed by atoms with van der Waals surface area (Å²) in [4.78, 5) is 0. The first-order valence-electron chi connectivity index (χ1n) is 9.76. The second-order valence-corrected chi connectivity index (χ2v) is 6.69. The molecule has 0 aliphatic carbocycles. The van der Waals surface area contributed by atoms with Gasteiger partial charge >= 0.3 is 0 Å². The number of hydrogen-bond donors (Lipinski definition) is 1. The molecule has 0 unspecified atom stereocenters. The smallest absolute Gasteiger partial charge is 0.0739 e. The molecule has 0 fully saturated rings. The number of unbranched alkanes of at least 4 members (excludes halogenated alkanes) is 12. The average Bonchev–Trinajstić information content (AvgIpc) is 2.56. The van der Waals surface area contributed by atoms with E-state index in [4.69, 9.17) is 0 Å². The van der Waals surface area contributed by atoms with Crippen molar-refractivity contribution in [1.82, 2.24) is 0 Å². The lowest BCUT2D eigenvalue weighted by Gasteiger charge is -2.03. The normalized spacial score (nSPS) is 10.5. The van der Waals surface area contributed by atoms with Crippen LogP contribution in [0.4, 0.5) is 0 Å². The highest BCUT2D eigenvalue weighted by atomic mass is 35.5. The molecule has 0 saturated heterocycles. The van der Waals surface area contributed by atoms with E-state index in [9.17, 15) is 0 Å². The van der Waals surface area contributed by atoms with E-state index in [-0.39, 0.29) is 12.4 Å². The Labute approximate surface area is 150 Å². The molecule has 0 aliphatic rings. The van der Waals surface area contributed by atoms with Gasteiger partial charge in [0.2, 0.25) is 0 Å². The molecular formula is C21H38ClN. The van der Waals surface area contributed by atoms with Crippen molar-refractivity contribution in [3.63, 3.8) is 0 Å². The fourth-order valence-electron chi connectivity index (χ4n) is 3.10. The zero-order valence-corrected chi connectivity index (χ0v) is 15.8. The molecule has 0 aliphatic heterocycles. The van der Waals surface area contributed by atoms with Crippen molar-refractivity contribution < 1.29 is 18.1 Å². The number of rotatable bonds is 15. The van der Waals surface area contributed by atoms with Crippen LogP contribution in [-0.4, -0.2) is 6.54 Å². The third-order valence-electron chi connectivity index (χ3n) is 4.56. The number of quaternary nitrogens is 1. The fraction of sp³-hybridized carbons (Fsp3) is 0.714. The predicted octanol–water partition coefficient (Wildman–Crippen LogP) is 2.55. The summed E-state index contributed by atoms with van der Waals surface area (Å²) in [5, 5.41) is 0. The second kappa shape index (κ2) is 17.8. The van der Waals surface area contributed by atoms with E-state index in [0.29, 0.717) is 0 Å². The molecule has 0 atom stereocenters. The van der Waals surface area contributed by atoms with Gasteiger partial charge in [-0.15, -0.1) is 0 Å². The van der Waals surface area contributed by atoms with Crippen molar-refractivity contribution in [1.29, 1.82) is 0 Å². The SMILES string of the molecule is [Cl-].[NH3+]CCCCCCCCCCCCCCCc1ccccc1. The molecule has 0 saturated carbocycles. The topological polar surface area (TPSA) is 27.6 Å². The fourth-order valence-corrected chi connectivity index (χ4v) is 3.10. The van der Waals surface area contributed by atoms with Crippen LogP contribution in [0.5, 0.6) is 0 Å². The largest absolute Gasteiger partial charge is 1.00 e. The molecule has 1 nitrogen and oxygen atoms in total. The monoisotopic (exact) mass is 339 g/mol. The molecular weight excluding hydrogens is 302 g/mol. The Morgan fingerprint density at radius 2 is 0.913 bits per heavy atom. The lowest BCUT2D eigenvalue weighted by molar-refractivity contribution is -0.368. The van der Waals surface area contributed by atoms with E-state index in [1.54, 1.807) is 0 Å². The Kier molecular flexibility index (Phi) is 17.4. The third kappa shape index (κ3) is 14.8. The summed E-state index contributed by atoms with van der Waals surface area (Å²) in [6, 6.07) is 10.9. The van der Waals surface area contributed by atoms with Gasteiger partial charge in [-0.3, -0.25) is 0 Å². The van der Waals surface area contributed by atoms with Crippen LogP contribution in [0.3, 0.4) is 0 Å². The van der Waals surface area contributed by atoms with Gasteiger partial charge < -0.3 is 18.1 Å². The molecule has 0 bridgehead atoms. The van der Waals surface area contributed by atoms with Gasteiger partial charge in [0.1, 0.15) is 0 Å². The maximum atomic E-state index is 3.90. The Balaban J connectivity index is 0.00000484. The zero-order chi connectivity index (χ0) is 15.7. The number of halogens is 1. The maximum Gasteiger partial charge on any atom is 0.0739 e. The van der Waals surface area contributed by atoms with Crippen LogP contribution in [0.1, 0.15) is 89.0 Å². The van der Waals surface area contributed by atoms with Gasteiger partial charge in [0.05, 0.1) is 6.54 Å². The number of benzene rings is 1. The Hall–Kier alpha value is -0.530. The first kappa shape index (κ1) is 22.5. The molecule has 1 aromatic carbocycles. The van der Waals surface area contributed by atoms with Crippen molar-refractivity contribution in [3.05, 3.63) is 35.9 Å². The summed E-state index contributed by atoms with van der Waals surface area (Å²) in [6.45, 7) is 1.12. The minimum absolute atomic E-state index is 0. The van der Waals surface area contributed by atoms with E-state index in [0.717, 1.165) is 6.54 Å². The standard InChI is InChI=1S/C21H37N.ClH/c22-20-16-11-9-7-5-3-1-2-4-6-8-10-13-17-21-18-14-12-15-19-21;/h12,14-15,18-19H,1-11,13,16-17,20,22H2;1H. The molecule has 23 heavy (non-hydrogen) atoms. The highest BCUT2D eigenvalue weighted by molar-refractivity contribution is 5.14. The highest BCUT2D eigenvalue weighted by Crippen LogP contribution is 2.13. The summed E-state index contributed by atoms with van der Waals surface area (Å²) >= 11 is 0. The molecule has 0 heterocycles. The number of aryl methyl sites for hydroxylation is 1. The lowest BCUT2D eigenvalue weighted by Crippen LogP contribution is -3.00. The van der Waals surface area contributed by atoms with Gasteiger partial charge in [-0.1, -0.05) is 94.5 Å². The zero-order valence-electron chi connectivity index (χ0n) is 15.1. The van der Waals surface area contributed by atoms with Gasteiger partial charge in [-0.05, 0) is 31.2 Å². The second-order valence-electron chi connectivity index (χ2n) is 6.69. The summed E-state index contributed by atoms with van der Waals surface area (Å²) in [5.74, 6) is 0. The highest BCUT2D eigenvalue weighted by Gasteiger charge is 1.95. The molecule has 2 heteroatoms. The molecule has 3 N–H and O–H groups in total. The van der Waals surface area contributed by atoms with Gasteiger partial charge in [0, 0.05) is 0 Å². The van der Waals surface area contributed by atoms with Crippen LogP contribution in [0, 0.1) is 0 Å². The third-order valence-corrected chi connectivity index (χ3v) is 4.56. The maximum absolute atomic E-state index is 3.90. The van der Waals surface area contributed by atoms with Crippen molar-refractivity contribution >= 4 is 0 Å². The lowest BCUT2D eigenvalue weighted by atomic mass is 10.0. The Morgan fingerprint density at radius 3 is 1.35 bits per heavy atom. The molecule has 0 aromatic heterocycles. The van der Waals surface area contributed by atoms with E-state index in [1.165, 1.54) is 95.5 Å². The van der Waals surface area contributed by atoms with Gasteiger partial charge in [0.15, 0.2) is 0 Å². The predicted molar refractivity (Wildman–Crippen MR) is 97.9 cm³/mol. The van der Waals surface area contributed by atoms with Crippen LogP contribution in [0.25, 0.3) is 0 Å². The van der Waals surface area contributed by atoms with Crippen molar-refractivity contribution in [2.45, 2.75) is 89.9 Å². The van der Waals surface area contributed by atoms with Gasteiger partial charge in [-0.2, -0.15) is 0 Å². The van der Waals surface area contributed by atoms with Crippen LogP contribution in [-0.2, 0) is 6.42 Å². The van der Waals surface area contributed by atoms with Crippen LogP contribution in [0.15, 0.2) is 30.3 Å². The molecule has 0 radical (unpaired) electrons. The molecule has 0 amide bonds. The molecule has 134 valence electrons. The average molecular weight is 340 g/mol. The van der Waals surface area contributed by atoms with E-state index >= 15 is 0 Å². The van der Waals surface area contributed by atoms with E-state index < -0.39 is 0 Å². The first-order chi connectivity index (χ1) is 10.9. The van der Waals surface area contributed by atoms with Gasteiger partial charge in [-0.25, -0.2) is 0 Å². The quantitative estimate of drug-likeness (QED) is 0.476. The minimum Gasteiger partial charge on any atom is -1.00 e. The van der Waals surface area contributed by atoms with Gasteiger partial charge in [0.25, 0.3) is 0 Å². The van der Waals surface area contributed by atoms with Crippen molar-refractivity contribution in [2.75, 3.05) is 6.54 Å². The number of hydrogen-bond acceptors (Lipinski definition) is 0. The molecule has 1 rings (SSSR count). The van der Waals surface area contributed by atoms with Crippen molar-refractivity contribution in [3.8, 4) is 0 Å². The Morgan fingerprint density at radius 1 is 0.522 bits per heavy atom. The van der Waals surface area contributed by atoms with Crippen LogP contribution >= 0.6 is 0 Å². The minimum atomic E-state index is 0. The summed E-state index contributed by atoms with van der Waals surface area (Å²) < 4.78 is 0. The summed E-state index contributed by atoms with van der Waals surface area (Å²) in [7, 11) is 0. The summed E-state index contributed by atoms with van der Waals surface area (Å²) in [5.41, 5.74) is 5.39. The summed E-state index contributed by atoms with van der Waals surface area (Å²) in [6.07, 6.45) is 19.8. The molecule has 0 spiro atoms. The van der Waals surface area contributed by atoms with Crippen LogP contribution < -0.4 is 18.1 Å². The van der Waals surface area contributed by atoms with E-state index in [2.05, 4.69) is 36.1 Å². The van der Waals surface area contributed by atoms with Crippen LogP contribution in [0.2, 0.25) is 0 Å². The Bertz CT molecular complexity index is 326. The first-order valence-corrected chi connectivity index (χ1v) is 9.76. The van der Waals surface area contributed by atoms with E-state index in [1.807, 2.05) is 0 Å². The van der Waals surface area contributed by atoms with Crippen molar-refractivity contribution in [2.24, 2.45) is 0 Å².